The predicted octanol–water partition coefficient (Wildman–Crippen LogP) is 1.02. The molecule has 5 aliphatic rings. The Kier molecular flexibility index (Phi) is 7.38. The van der Waals surface area contributed by atoms with E-state index >= 15 is 0 Å². The number of likely N-dealkylation sites (N-methyl/N-ethyl adjacent to an activating group) is 1. The average molecular weight is 545 g/mol. The zero-order chi connectivity index (χ0) is 27.6. The highest BCUT2D eigenvalue weighted by atomic mass is 16.5. The first-order chi connectivity index (χ1) is 19.6. The molecule has 0 spiro atoms. The molecule has 1 amide bonds. The molecule has 5 aliphatic heterocycles. The number of fused-ring (bicyclic) bond motifs is 2. The SMILES string of the molecule is C=CC(=O)N1CCN(c2nc(OC[C@@H]3CCCN3C)nc3c2CCN(C2=CN=CN4CCN=C24)C3)C[C@@H]1CC#N. The van der Waals surface area contributed by atoms with Gasteiger partial charge in [0.2, 0.25) is 5.91 Å². The van der Waals surface area contributed by atoms with E-state index in [0.717, 1.165) is 67.6 Å². The molecule has 0 unspecified atom stereocenters. The molecule has 210 valence electrons. The van der Waals surface area contributed by atoms with Gasteiger partial charge in [0.15, 0.2) is 5.84 Å². The molecular weight excluding hydrogens is 508 g/mol. The van der Waals surface area contributed by atoms with Crippen LogP contribution in [0, 0.1) is 11.3 Å². The standard InChI is InChI=1S/C28H36N10O2/c1-3-25(39)38-14-13-36(16-20(38)6-8-29)26-22-7-11-35(24-15-30-19-37-12-9-31-27(24)37)17-23(22)32-28(33-26)40-18-21-5-4-10-34(21)2/h3,15,19-21H,1,4-7,9-14,16-18H2,2H3/t20-,21-/m0/s1. The summed E-state index contributed by atoms with van der Waals surface area (Å²) in [6.45, 7) is 9.93. The third-order valence-corrected chi connectivity index (χ3v) is 8.51. The number of nitrogens with zero attached hydrogens (tertiary/aromatic N) is 10. The summed E-state index contributed by atoms with van der Waals surface area (Å²) < 4.78 is 6.25. The fourth-order valence-electron chi connectivity index (χ4n) is 6.28. The van der Waals surface area contributed by atoms with E-state index in [0.29, 0.717) is 44.8 Å². The molecule has 2 fully saturated rings. The van der Waals surface area contributed by atoms with E-state index in [9.17, 15) is 10.1 Å². The normalized spacial score (nSPS) is 24.3. The summed E-state index contributed by atoms with van der Waals surface area (Å²) in [6.07, 6.45) is 8.35. The molecule has 12 heteroatoms. The number of likely N-dealkylation sites (tertiary alicyclic amines) is 1. The molecule has 0 radical (unpaired) electrons. The van der Waals surface area contributed by atoms with Gasteiger partial charge in [-0.3, -0.25) is 9.79 Å². The van der Waals surface area contributed by atoms with Crippen molar-refractivity contribution in [3.63, 3.8) is 0 Å². The zero-order valence-corrected chi connectivity index (χ0v) is 23.1. The van der Waals surface area contributed by atoms with Crippen LogP contribution in [0.2, 0.25) is 0 Å². The van der Waals surface area contributed by atoms with Crippen LogP contribution in [0.3, 0.4) is 0 Å². The fourth-order valence-corrected chi connectivity index (χ4v) is 6.28. The second-order valence-corrected chi connectivity index (χ2v) is 10.9. The molecule has 6 rings (SSSR count). The quantitative estimate of drug-likeness (QED) is 0.464. The van der Waals surface area contributed by atoms with Crippen molar-refractivity contribution >= 4 is 23.9 Å². The molecule has 0 aliphatic carbocycles. The third kappa shape index (κ3) is 5.01. The van der Waals surface area contributed by atoms with E-state index in [1.165, 1.54) is 12.5 Å². The summed E-state index contributed by atoms with van der Waals surface area (Å²) in [5, 5.41) is 9.48. The Morgan fingerprint density at radius 1 is 1.20 bits per heavy atom. The lowest BCUT2D eigenvalue weighted by molar-refractivity contribution is -0.128. The Morgan fingerprint density at radius 2 is 2.10 bits per heavy atom. The number of aliphatic imine (C=N–C) groups is 2. The molecule has 12 nitrogen and oxygen atoms in total. The fraction of sp³-hybridized carbons (Fsp3) is 0.571. The van der Waals surface area contributed by atoms with Crippen LogP contribution in [-0.4, -0.2) is 119 Å². The number of anilines is 1. The monoisotopic (exact) mass is 544 g/mol. The van der Waals surface area contributed by atoms with Crippen molar-refractivity contribution in [3.05, 3.63) is 35.8 Å². The summed E-state index contributed by atoms with van der Waals surface area (Å²) in [5.41, 5.74) is 3.06. The van der Waals surface area contributed by atoms with Gasteiger partial charge in [-0.25, -0.2) is 4.99 Å². The molecule has 0 aromatic carbocycles. The van der Waals surface area contributed by atoms with Crippen LogP contribution < -0.4 is 9.64 Å². The van der Waals surface area contributed by atoms with Crippen LogP contribution in [-0.2, 0) is 17.8 Å². The highest BCUT2D eigenvalue weighted by Gasteiger charge is 2.35. The molecule has 40 heavy (non-hydrogen) atoms. The molecule has 0 saturated carbocycles. The maximum absolute atomic E-state index is 12.5. The Morgan fingerprint density at radius 3 is 2.90 bits per heavy atom. The van der Waals surface area contributed by atoms with Crippen LogP contribution in [0.1, 0.15) is 30.5 Å². The van der Waals surface area contributed by atoms with Crippen LogP contribution >= 0.6 is 0 Å². The Balaban J connectivity index is 1.29. The molecule has 1 aromatic rings. The van der Waals surface area contributed by atoms with Crippen molar-refractivity contribution < 1.29 is 9.53 Å². The summed E-state index contributed by atoms with van der Waals surface area (Å²) in [4.78, 5) is 42.2. The first-order valence-corrected chi connectivity index (χ1v) is 14.1. The van der Waals surface area contributed by atoms with Crippen molar-refractivity contribution in [2.24, 2.45) is 9.98 Å². The van der Waals surface area contributed by atoms with Crippen molar-refractivity contribution in [1.29, 1.82) is 5.26 Å². The maximum atomic E-state index is 12.5. The van der Waals surface area contributed by atoms with Gasteiger partial charge in [0.25, 0.3) is 0 Å². The highest BCUT2D eigenvalue weighted by molar-refractivity contribution is 6.06. The van der Waals surface area contributed by atoms with Gasteiger partial charge in [-0.2, -0.15) is 15.2 Å². The van der Waals surface area contributed by atoms with Gasteiger partial charge < -0.3 is 29.2 Å². The van der Waals surface area contributed by atoms with E-state index in [2.05, 4.69) is 44.3 Å². The zero-order valence-electron chi connectivity index (χ0n) is 23.1. The minimum absolute atomic E-state index is 0.141. The number of hydrogen-bond acceptors (Lipinski definition) is 11. The molecule has 0 bridgehead atoms. The second-order valence-electron chi connectivity index (χ2n) is 10.9. The van der Waals surface area contributed by atoms with Gasteiger partial charge in [0.1, 0.15) is 12.4 Å². The Hall–Kier alpha value is -3.98. The van der Waals surface area contributed by atoms with Gasteiger partial charge in [-0.15, -0.1) is 0 Å². The van der Waals surface area contributed by atoms with Crippen LogP contribution in [0.15, 0.2) is 34.5 Å². The van der Waals surface area contributed by atoms with Crippen LogP contribution in [0.25, 0.3) is 0 Å². The first kappa shape index (κ1) is 26.3. The van der Waals surface area contributed by atoms with E-state index < -0.39 is 0 Å². The second kappa shape index (κ2) is 11.3. The number of aromatic nitrogens is 2. The largest absolute Gasteiger partial charge is 0.462 e. The summed E-state index contributed by atoms with van der Waals surface area (Å²) in [6, 6.07) is 2.75. The number of amidine groups is 1. The third-order valence-electron chi connectivity index (χ3n) is 8.51. The number of carbonyl (C=O) groups excluding carboxylic acids is 1. The van der Waals surface area contributed by atoms with Crippen molar-refractivity contribution in [1.82, 2.24) is 29.6 Å². The van der Waals surface area contributed by atoms with E-state index in [4.69, 9.17) is 19.7 Å². The average Bonchev–Trinajstić information content (AvgIpc) is 3.63. The van der Waals surface area contributed by atoms with Crippen LogP contribution in [0.5, 0.6) is 6.01 Å². The number of ether oxygens (including phenoxy) is 1. The number of hydrogen-bond donors (Lipinski definition) is 0. The number of carbonyl (C=O) groups is 1. The van der Waals surface area contributed by atoms with Gasteiger partial charge in [-0.1, -0.05) is 6.58 Å². The molecule has 0 N–H and O–H groups in total. The number of amides is 1. The van der Waals surface area contributed by atoms with Gasteiger partial charge in [0, 0.05) is 44.3 Å². The lowest BCUT2D eigenvalue weighted by Crippen LogP contribution is -2.55. The molecule has 2 saturated heterocycles. The van der Waals surface area contributed by atoms with Crippen molar-refractivity contribution in [2.45, 2.75) is 44.3 Å². The lowest BCUT2D eigenvalue weighted by Gasteiger charge is -2.42. The molecular formula is C28H36N10O2. The number of nitriles is 1. The Bertz CT molecular complexity index is 1300. The van der Waals surface area contributed by atoms with Crippen molar-refractivity contribution in [2.75, 3.05) is 64.4 Å². The highest BCUT2D eigenvalue weighted by Crippen LogP contribution is 2.33. The molecule has 6 heterocycles. The summed E-state index contributed by atoms with van der Waals surface area (Å²) in [7, 11) is 2.13. The minimum Gasteiger partial charge on any atom is -0.462 e. The van der Waals surface area contributed by atoms with Gasteiger partial charge in [-0.05, 0) is 38.9 Å². The predicted molar refractivity (Wildman–Crippen MR) is 151 cm³/mol. The summed E-state index contributed by atoms with van der Waals surface area (Å²) >= 11 is 0. The van der Waals surface area contributed by atoms with Gasteiger partial charge in [0.05, 0.1) is 55.6 Å². The van der Waals surface area contributed by atoms with E-state index in [1.54, 1.807) is 4.90 Å². The van der Waals surface area contributed by atoms with Gasteiger partial charge >= 0.3 is 6.01 Å². The molecule has 2 atom stereocenters. The topological polar surface area (TPSA) is 117 Å². The first-order valence-electron chi connectivity index (χ1n) is 14.1. The van der Waals surface area contributed by atoms with E-state index in [-0.39, 0.29) is 18.4 Å². The maximum Gasteiger partial charge on any atom is 0.318 e. The lowest BCUT2D eigenvalue weighted by atomic mass is 10.0. The molecule has 1 aromatic heterocycles. The Labute approximate surface area is 234 Å². The number of piperazine rings is 1. The van der Waals surface area contributed by atoms with Crippen molar-refractivity contribution in [3.8, 4) is 12.1 Å². The number of rotatable bonds is 7. The smallest absolute Gasteiger partial charge is 0.318 e. The summed E-state index contributed by atoms with van der Waals surface area (Å²) in [5.74, 6) is 1.68. The van der Waals surface area contributed by atoms with Crippen LogP contribution in [0.4, 0.5) is 5.82 Å². The van der Waals surface area contributed by atoms with E-state index in [1.807, 2.05) is 12.5 Å². The minimum atomic E-state index is -0.233.